The van der Waals surface area contributed by atoms with E-state index in [9.17, 15) is 10.1 Å². The van der Waals surface area contributed by atoms with Gasteiger partial charge in [0.2, 0.25) is 11.6 Å². The summed E-state index contributed by atoms with van der Waals surface area (Å²) in [6.45, 7) is 1.90. The van der Waals surface area contributed by atoms with E-state index in [0.29, 0.717) is 11.3 Å². The molecule has 0 N–H and O–H groups in total. The Morgan fingerprint density at radius 2 is 2.00 bits per heavy atom. The first kappa shape index (κ1) is 14.7. The van der Waals surface area contributed by atoms with E-state index in [4.69, 9.17) is 9.47 Å². The van der Waals surface area contributed by atoms with Crippen LogP contribution >= 0.6 is 0 Å². The van der Waals surface area contributed by atoms with Crippen LogP contribution in [-0.2, 0) is 0 Å². The number of nitro benzene ring substituents is 1. The van der Waals surface area contributed by atoms with E-state index in [1.807, 2.05) is 25.1 Å². The maximum Gasteiger partial charge on any atom is 0.315 e. The number of methoxy groups -OCH3 is 1. The largest absolute Gasteiger partial charge is 0.496 e. The molecule has 0 aliphatic rings. The molecule has 0 spiro atoms. The van der Waals surface area contributed by atoms with Crippen molar-refractivity contribution < 1.29 is 14.4 Å². The number of ether oxygens (including phenoxy) is 2. The average Bonchev–Trinajstić information content (AvgIpc) is 2.55. The van der Waals surface area contributed by atoms with Gasteiger partial charge < -0.3 is 9.47 Å². The predicted molar refractivity (Wildman–Crippen MR) is 84.0 cm³/mol. The molecule has 3 aromatic rings. The second-order valence-electron chi connectivity index (χ2n) is 4.84. The average molecular weight is 311 g/mol. The molecule has 116 valence electrons. The number of nitrogens with zero attached hydrogens (tertiary/aromatic N) is 3. The van der Waals surface area contributed by atoms with Gasteiger partial charge in [-0.2, -0.15) is 0 Å². The van der Waals surface area contributed by atoms with Gasteiger partial charge in [0, 0.05) is 0 Å². The number of hydrogen-bond donors (Lipinski definition) is 0. The zero-order chi connectivity index (χ0) is 16.4. The van der Waals surface area contributed by atoms with E-state index in [-0.39, 0.29) is 17.3 Å². The molecule has 0 radical (unpaired) electrons. The second-order valence-corrected chi connectivity index (χ2v) is 4.84. The third kappa shape index (κ3) is 2.76. The normalized spacial score (nSPS) is 10.5. The van der Waals surface area contributed by atoms with Gasteiger partial charge in [-0.25, -0.2) is 9.97 Å². The Balaban J connectivity index is 2.11. The zero-order valence-electron chi connectivity index (χ0n) is 12.5. The van der Waals surface area contributed by atoms with Gasteiger partial charge >= 0.3 is 5.69 Å². The van der Waals surface area contributed by atoms with Crippen molar-refractivity contribution in [2.45, 2.75) is 6.92 Å². The Kier molecular flexibility index (Phi) is 3.76. The lowest BCUT2D eigenvalue weighted by Gasteiger charge is -2.10. The predicted octanol–water partition coefficient (Wildman–Crippen LogP) is 3.65. The molecular weight excluding hydrogens is 298 g/mol. The fraction of sp³-hybridized carbons (Fsp3) is 0.125. The van der Waals surface area contributed by atoms with Crippen LogP contribution in [0.4, 0.5) is 5.69 Å². The van der Waals surface area contributed by atoms with Crippen molar-refractivity contribution in [3.63, 3.8) is 0 Å². The monoisotopic (exact) mass is 311 g/mol. The molecule has 0 aliphatic heterocycles. The Bertz CT molecular complexity index is 890. The highest BCUT2D eigenvalue weighted by Gasteiger charge is 2.19. The molecule has 0 saturated heterocycles. The molecule has 1 aromatic heterocycles. The minimum atomic E-state index is -0.520. The van der Waals surface area contributed by atoms with Crippen molar-refractivity contribution in [2.24, 2.45) is 0 Å². The maximum absolute atomic E-state index is 11.2. The summed E-state index contributed by atoms with van der Waals surface area (Å²) < 4.78 is 10.7. The van der Waals surface area contributed by atoms with Crippen LogP contribution in [0.25, 0.3) is 10.9 Å². The van der Waals surface area contributed by atoms with Crippen LogP contribution in [0, 0.1) is 17.0 Å². The summed E-state index contributed by atoms with van der Waals surface area (Å²) in [7, 11) is 1.45. The third-order valence-corrected chi connectivity index (χ3v) is 3.41. The van der Waals surface area contributed by atoms with Gasteiger partial charge in [-0.15, -0.1) is 0 Å². The first-order chi connectivity index (χ1) is 11.1. The van der Waals surface area contributed by atoms with Gasteiger partial charge in [0.15, 0.2) is 0 Å². The molecule has 3 rings (SSSR count). The molecule has 23 heavy (non-hydrogen) atoms. The Morgan fingerprint density at radius 3 is 2.74 bits per heavy atom. The lowest BCUT2D eigenvalue weighted by molar-refractivity contribution is -0.385. The zero-order valence-corrected chi connectivity index (χ0v) is 12.5. The summed E-state index contributed by atoms with van der Waals surface area (Å²) in [5, 5.41) is 12.0. The number of hydrogen-bond acceptors (Lipinski definition) is 6. The van der Waals surface area contributed by atoms with Gasteiger partial charge in [-0.1, -0.05) is 12.1 Å². The molecular formula is C16H13N3O4. The fourth-order valence-electron chi connectivity index (χ4n) is 2.28. The third-order valence-electron chi connectivity index (χ3n) is 3.41. The van der Waals surface area contributed by atoms with Crippen molar-refractivity contribution in [1.82, 2.24) is 9.97 Å². The van der Waals surface area contributed by atoms with Crippen LogP contribution in [0.15, 0.2) is 42.7 Å². The Morgan fingerprint density at radius 1 is 1.17 bits per heavy atom. The molecule has 0 saturated carbocycles. The maximum atomic E-state index is 11.2. The Labute approximate surface area is 131 Å². The van der Waals surface area contributed by atoms with E-state index < -0.39 is 4.92 Å². The number of aromatic nitrogens is 2. The van der Waals surface area contributed by atoms with Crippen molar-refractivity contribution in [3.05, 3.63) is 58.4 Å². The highest BCUT2D eigenvalue weighted by Crippen LogP contribution is 2.36. The van der Waals surface area contributed by atoms with Crippen molar-refractivity contribution in [2.75, 3.05) is 7.11 Å². The van der Waals surface area contributed by atoms with Gasteiger partial charge in [0.25, 0.3) is 0 Å². The van der Waals surface area contributed by atoms with Crippen molar-refractivity contribution in [3.8, 4) is 17.4 Å². The molecule has 1 heterocycles. The van der Waals surface area contributed by atoms with Crippen LogP contribution in [0.2, 0.25) is 0 Å². The van der Waals surface area contributed by atoms with Gasteiger partial charge in [0.05, 0.1) is 29.0 Å². The molecule has 0 aliphatic carbocycles. The summed E-state index contributed by atoms with van der Waals surface area (Å²) >= 11 is 0. The van der Waals surface area contributed by atoms with Crippen LogP contribution in [0.3, 0.4) is 0 Å². The molecule has 7 nitrogen and oxygen atoms in total. The molecule has 0 amide bonds. The lowest BCUT2D eigenvalue weighted by atomic mass is 10.1. The van der Waals surface area contributed by atoms with E-state index in [1.165, 1.54) is 25.6 Å². The number of rotatable bonds is 4. The molecule has 0 fully saturated rings. The standard InChI is InChI=1S/C16H13N3O4/c1-10-4-3-5-12-15(10)16(18-9-17-12)23-14-7-6-11(22-2)8-13(14)19(20)21/h3-9H,1-2H3. The summed E-state index contributed by atoms with van der Waals surface area (Å²) in [5.74, 6) is 0.758. The van der Waals surface area contributed by atoms with Crippen LogP contribution < -0.4 is 9.47 Å². The topological polar surface area (TPSA) is 87.4 Å². The number of nitro groups is 1. The summed E-state index contributed by atoms with van der Waals surface area (Å²) in [6.07, 6.45) is 1.37. The highest BCUT2D eigenvalue weighted by molar-refractivity contribution is 5.86. The number of fused-ring (bicyclic) bond motifs is 1. The van der Waals surface area contributed by atoms with Gasteiger partial charge in [-0.05, 0) is 30.7 Å². The van der Waals surface area contributed by atoms with Crippen LogP contribution in [0.1, 0.15) is 5.56 Å². The number of benzene rings is 2. The van der Waals surface area contributed by atoms with E-state index in [2.05, 4.69) is 9.97 Å². The first-order valence-corrected chi connectivity index (χ1v) is 6.81. The molecule has 0 atom stereocenters. The minimum absolute atomic E-state index is 0.0963. The van der Waals surface area contributed by atoms with Crippen LogP contribution in [0.5, 0.6) is 17.4 Å². The highest BCUT2D eigenvalue weighted by atomic mass is 16.6. The van der Waals surface area contributed by atoms with E-state index >= 15 is 0 Å². The Hall–Kier alpha value is -3.22. The van der Waals surface area contributed by atoms with Gasteiger partial charge in [-0.3, -0.25) is 10.1 Å². The molecule has 7 heteroatoms. The molecule has 2 aromatic carbocycles. The first-order valence-electron chi connectivity index (χ1n) is 6.81. The molecule has 0 bridgehead atoms. The van der Waals surface area contributed by atoms with Crippen molar-refractivity contribution >= 4 is 16.6 Å². The van der Waals surface area contributed by atoms with E-state index in [0.717, 1.165) is 10.9 Å². The summed E-state index contributed by atoms with van der Waals surface area (Å²) in [5.41, 5.74) is 1.45. The molecule has 0 unspecified atom stereocenters. The quantitative estimate of drug-likeness (QED) is 0.540. The van der Waals surface area contributed by atoms with Gasteiger partial charge in [0.1, 0.15) is 12.1 Å². The van der Waals surface area contributed by atoms with Crippen molar-refractivity contribution in [1.29, 1.82) is 0 Å². The lowest BCUT2D eigenvalue weighted by Crippen LogP contribution is -1.97. The second kappa shape index (κ2) is 5.88. The number of aryl methyl sites for hydroxylation is 1. The van der Waals surface area contributed by atoms with Crippen LogP contribution in [-0.4, -0.2) is 22.0 Å². The summed E-state index contributed by atoms with van der Waals surface area (Å²) in [6, 6.07) is 10.0. The SMILES string of the molecule is COc1ccc(Oc2ncnc3cccc(C)c23)c([N+](=O)[O-])c1. The fourth-order valence-corrected chi connectivity index (χ4v) is 2.28. The smallest absolute Gasteiger partial charge is 0.315 e. The summed E-state index contributed by atoms with van der Waals surface area (Å²) in [4.78, 5) is 19.0. The van der Waals surface area contributed by atoms with E-state index in [1.54, 1.807) is 6.07 Å². The minimum Gasteiger partial charge on any atom is -0.496 e.